The number of nitrogens with zero attached hydrogens (tertiary/aromatic N) is 1. The molecule has 0 aromatic heterocycles. The van der Waals surface area contributed by atoms with Crippen LogP contribution < -0.4 is 11.1 Å². The summed E-state index contributed by atoms with van der Waals surface area (Å²) in [6.45, 7) is 0.864. The Labute approximate surface area is 121 Å². The van der Waals surface area contributed by atoms with Crippen LogP contribution >= 0.6 is 0 Å². The minimum absolute atomic E-state index is 0.312. The maximum atomic E-state index is 12.1. The van der Waals surface area contributed by atoms with E-state index in [2.05, 4.69) is 17.3 Å². The molecule has 0 heterocycles. The molecule has 1 aromatic rings. The minimum atomic E-state index is -0.779. The van der Waals surface area contributed by atoms with Crippen LogP contribution in [0.4, 0.5) is 0 Å². The van der Waals surface area contributed by atoms with Gasteiger partial charge in [0, 0.05) is 12.6 Å². The van der Waals surface area contributed by atoms with Gasteiger partial charge in [0.15, 0.2) is 0 Å². The molecule has 110 valence electrons. The monoisotopic (exact) mass is 275 g/mol. The number of likely N-dealkylation sites (N-methyl/N-ethyl adjacent to an activating group) is 1. The van der Waals surface area contributed by atoms with Gasteiger partial charge in [-0.25, -0.2) is 0 Å². The molecule has 0 aliphatic heterocycles. The Kier molecular flexibility index (Phi) is 4.78. The number of carbonyl (C=O) groups excluding carboxylic acids is 1. The summed E-state index contributed by atoms with van der Waals surface area (Å²) in [6, 6.07) is 10.4. The molecular weight excluding hydrogens is 250 g/mol. The fourth-order valence-corrected chi connectivity index (χ4v) is 2.88. The maximum Gasteiger partial charge on any atom is 0.242 e. The van der Waals surface area contributed by atoms with E-state index in [0.717, 1.165) is 12.1 Å². The SMILES string of the molecule is CNC(CCN(C)C1CCC1)(C(N)=O)c1ccccc1. The van der Waals surface area contributed by atoms with Crippen LogP contribution in [0, 0.1) is 0 Å². The van der Waals surface area contributed by atoms with Gasteiger partial charge in [0.25, 0.3) is 0 Å². The Hall–Kier alpha value is -1.39. The molecule has 1 fully saturated rings. The molecule has 0 radical (unpaired) electrons. The van der Waals surface area contributed by atoms with Crippen molar-refractivity contribution in [2.24, 2.45) is 5.73 Å². The van der Waals surface area contributed by atoms with Crippen molar-refractivity contribution < 1.29 is 4.79 Å². The number of nitrogens with one attached hydrogen (secondary N) is 1. The van der Waals surface area contributed by atoms with Gasteiger partial charge in [0.1, 0.15) is 5.54 Å². The van der Waals surface area contributed by atoms with Gasteiger partial charge in [-0.2, -0.15) is 0 Å². The molecule has 4 nitrogen and oxygen atoms in total. The lowest BCUT2D eigenvalue weighted by Gasteiger charge is -2.38. The van der Waals surface area contributed by atoms with Crippen molar-refractivity contribution in [2.75, 3.05) is 20.6 Å². The second-order valence-corrected chi connectivity index (χ2v) is 5.70. The number of amides is 1. The van der Waals surface area contributed by atoms with Crippen molar-refractivity contribution in [2.45, 2.75) is 37.3 Å². The van der Waals surface area contributed by atoms with Crippen molar-refractivity contribution in [3.05, 3.63) is 35.9 Å². The van der Waals surface area contributed by atoms with Gasteiger partial charge in [0.2, 0.25) is 5.91 Å². The van der Waals surface area contributed by atoms with Gasteiger partial charge in [-0.3, -0.25) is 4.79 Å². The molecule has 1 amide bonds. The summed E-state index contributed by atoms with van der Waals surface area (Å²) in [4.78, 5) is 14.4. The predicted molar refractivity (Wildman–Crippen MR) is 81.3 cm³/mol. The van der Waals surface area contributed by atoms with Gasteiger partial charge < -0.3 is 16.0 Å². The summed E-state index contributed by atoms with van der Waals surface area (Å²) >= 11 is 0. The normalized spacial score (nSPS) is 18.6. The zero-order valence-electron chi connectivity index (χ0n) is 12.4. The standard InChI is InChI=1S/C16H25N3O/c1-18-16(15(17)20,13-7-4-3-5-8-13)11-12-19(2)14-9-6-10-14/h3-5,7-8,14,18H,6,9-12H2,1-2H3,(H2,17,20). The van der Waals surface area contributed by atoms with Crippen molar-refractivity contribution in [1.82, 2.24) is 10.2 Å². The largest absolute Gasteiger partial charge is 0.368 e. The first-order valence-electron chi connectivity index (χ1n) is 7.35. The number of carbonyl (C=O) groups is 1. The van der Waals surface area contributed by atoms with E-state index < -0.39 is 5.54 Å². The smallest absolute Gasteiger partial charge is 0.242 e. The van der Waals surface area contributed by atoms with Crippen molar-refractivity contribution in [3.63, 3.8) is 0 Å². The fraction of sp³-hybridized carbons (Fsp3) is 0.562. The van der Waals surface area contributed by atoms with Crippen LogP contribution in [0.2, 0.25) is 0 Å². The van der Waals surface area contributed by atoms with Gasteiger partial charge in [0.05, 0.1) is 0 Å². The van der Waals surface area contributed by atoms with Crippen LogP contribution in [0.25, 0.3) is 0 Å². The lowest BCUT2D eigenvalue weighted by molar-refractivity contribution is -0.125. The van der Waals surface area contributed by atoms with E-state index in [-0.39, 0.29) is 5.91 Å². The molecule has 1 saturated carbocycles. The highest BCUT2D eigenvalue weighted by molar-refractivity contribution is 5.86. The van der Waals surface area contributed by atoms with Crippen LogP contribution in [-0.4, -0.2) is 37.5 Å². The predicted octanol–water partition coefficient (Wildman–Crippen LogP) is 1.46. The molecule has 2 rings (SSSR count). The highest BCUT2D eigenvalue weighted by Crippen LogP contribution is 2.28. The number of rotatable bonds is 7. The molecular formula is C16H25N3O. The van der Waals surface area contributed by atoms with E-state index in [0.29, 0.717) is 12.5 Å². The van der Waals surface area contributed by atoms with Crippen LogP contribution in [0.5, 0.6) is 0 Å². The highest BCUT2D eigenvalue weighted by Gasteiger charge is 2.37. The Morgan fingerprint density at radius 1 is 1.40 bits per heavy atom. The molecule has 0 spiro atoms. The van der Waals surface area contributed by atoms with Crippen molar-refractivity contribution >= 4 is 5.91 Å². The highest BCUT2D eigenvalue weighted by atomic mass is 16.1. The first-order chi connectivity index (χ1) is 9.60. The summed E-state index contributed by atoms with van der Waals surface area (Å²) in [5.41, 5.74) is 5.87. The average molecular weight is 275 g/mol. The van der Waals surface area contributed by atoms with Gasteiger partial charge >= 0.3 is 0 Å². The number of hydrogen-bond donors (Lipinski definition) is 2. The summed E-state index contributed by atoms with van der Waals surface area (Å²) in [7, 11) is 3.94. The van der Waals surface area contributed by atoms with Gasteiger partial charge in [-0.1, -0.05) is 36.8 Å². The van der Waals surface area contributed by atoms with Gasteiger partial charge in [-0.05, 0) is 38.9 Å². The van der Waals surface area contributed by atoms with E-state index in [4.69, 9.17) is 5.73 Å². The molecule has 1 atom stereocenters. The van der Waals surface area contributed by atoms with Crippen molar-refractivity contribution in [3.8, 4) is 0 Å². The van der Waals surface area contributed by atoms with E-state index in [1.54, 1.807) is 7.05 Å². The minimum Gasteiger partial charge on any atom is -0.368 e. The molecule has 1 aliphatic rings. The quantitative estimate of drug-likeness (QED) is 0.792. The zero-order valence-corrected chi connectivity index (χ0v) is 12.4. The third-order valence-electron chi connectivity index (χ3n) is 4.65. The van der Waals surface area contributed by atoms with Gasteiger partial charge in [-0.15, -0.1) is 0 Å². The number of nitrogens with two attached hydrogens (primary N) is 1. The molecule has 1 aliphatic carbocycles. The van der Waals surface area contributed by atoms with E-state index >= 15 is 0 Å². The van der Waals surface area contributed by atoms with Crippen molar-refractivity contribution in [1.29, 1.82) is 0 Å². The van der Waals surface area contributed by atoms with Crippen LogP contribution in [0.15, 0.2) is 30.3 Å². The first-order valence-corrected chi connectivity index (χ1v) is 7.35. The molecule has 4 heteroatoms. The Balaban J connectivity index is 2.12. The first kappa shape index (κ1) is 15.0. The van der Waals surface area contributed by atoms with Crippen LogP contribution in [0.3, 0.4) is 0 Å². The lowest BCUT2D eigenvalue weighted by Crippen LogP contribution is -2.53. The van der Waals surface area contributed by atoms with E-state index in [1.165, 1.54) is 19.3 Å². The fourth-order valence-electron chi connectivity index (χ4n) is 2.88. The lowest BCUT2D eigenvalue weighted by atomic mass is 9.85. The zero-order chi connectivity index (χ0) is 14.6. The molecule has 20 heavy (non-hydrogen) atoms. The molecule has 3 N–H and O–H groups in total. The second-order valence-electron chi connectivity index (χ2n) is 5.70. The summed E-state index contributed by atoms with van der Waals surface area (Å²) in [5.74, 6) is -0.312. The number of hydrogen-bond acceptors (Lipinski definition) is 3. The summed E-state index contributed by atoms with van der Waals surface area (Å²) in [6.07, 6.45) is 4.55. The van der Waals surface area contributed by atoms with Crippen LogP contribution in [0.1, 0.15) is 31.2 Å². The summed E-state index contributed by atoms with van der Waals surface area (Å²) in [5, 5.41) is 3.16. The Bertz CT molecular complexity index is 444. The molecule has 0 bridgehead atoms. The van der Waals surface area contributed by atoms with E-state index in [1.807, 2.05) is 30.3 Å². The Morgan fingerprint density at radius 3 is 2.50 bits per heavy atom. The topological polar surface area (TPSA) is 58.4 Å². The van der Waals surface area contributed by atoms with E-state index in [9.17, 15) is 4.79 Å². The maximum absolute atomic E-state index is 12.1. The van der Waals surface area contributed by atoms with Crippen LogP contribution in [-0.2, 0) is 10.3 Å². The second kappa shape index (κ2) is 6.37. The third-order valence-corrected chi connectivity index (χ3v) is 4.65. The molecule has 0 saturated heterocycles. The number of benzene rings is 1. The Morgan fingerprint density at radius 2 is 2.05 bits per heavy atom. The summed E-state index contributed by atoms with van der Waals surface area (Å²) < 4.78 is 0. The number of primary amides is 1. The third kappa shape index (κ3) is 2.86. The molecule has 1 aromatic carbocycles. The molecule has 1 unspecified atom stereocenters. The average Bonchev–Trinajstić information content (AvgIpc) is 2.39.